The summed E-state index contributed by atoms with van der Waals surface area (Å²) in [5, 5.41) is 2.92. The molecule has 0 atom stereocenters. The van der Waals surface area contributed by atoms with Crippen LogP contribution in [-0.4, -0.2) is 23.0 Å². The number of benzene rings is 1. The number of nitrogens with zero attached hydrogens (tertiary/aromatic N) is 2. The summed E-state index contributed by atoms with van der Waals surface area (Å²) in [4.78, 5) is 19.0. The van der Waals surface area contributed by atoms with Gasteiger partial charge >= 0.3 is 5.97 Å². The number of esters is 1. The third-order valence-electron chi connectivity index (χ3n) is 2.46. The fourth-order valence-electron chi connectivity index (χ4n) is 1.46. The predicted molar refractivity (Wildman–Crippen MR) is 67.1 cm³/mol. The maximum atomic E-state index is 13.4. The number of hydrogen-bond acceptors (Lipinski definition) is 5. The van der Waals surface area contributed by atoms with Crippen molar-refractivity contribution in [3.05, 3.63) is 53.7 Å². The zero-order valence-electron chi connectivity index (χ0n) is 10.3. The van der Waals surface area contributed by atoms with E-state index in [1.54, 1.807) is 18.2 Å². The highest BCUT2D eigenvalue weighted by atomic mass is 19.1. The molecular weight excluding hydrogens is 249 g/mol. The molecule has 6 heteroatoms. The monoisotopic (exact) mass is 261 g/mol. The Morgan fingerprint density at radius 2 is 2.11 bits per heavy atom. The maximum Gasteiger partial charge on any atom is 0.358 e. The van der Waals surface area contributed by atoms with Gasteiger partial charge in [0.15, 0.2) is 5.69 Å². The molecule has 0 unspecified atom stereocenters. The van der Waals surface area contributed by atoms with Crippen molar-refractivity contribution in [3.8, 4) is 0 Å². The first-order valence-corrected chi connectivity index (χ1v) is 5.58. The molecule has 0 saturated carbocycles. The Morgan fingerprint density at radius 1 is 1.32 bits per heavy atom. The van der Waals surface area contributed by atoms with Crippen LogP contribution in [0.25, 0.3) is 0 Å². The molecule has 0 aliphatic rings. The maximum absolute atomic E-state index is 13.4. The highest BCUT2D eigenvalue weighted by Gasteiger charge is 2.07. The molecule has 0 fully saturated rings. The van der Waals surface area contributed by atoms with Crippen LogP contribution in [0.5, 0.6) is 0 Å². The highest BCUT2D eigenvalue weighted by molar-refractivity contribution is 5.86. The quantitative estimate of drug-likeness (QED) is 0.853. The van der Waals surface area contributed by atoms with Gasteiger partial charge in [-0.05, 0) is 6.07 Å². The topological polar surface area (TPSA) is 64.1 Å². The molecule has 98 valence electrons. The number of rotatable bonds is 4. The number of ether oxygens (including phenoxy) is 1. The molecule has 0 amide bonds. The van der Waals surface area contributed by atoms with Gasteiger partial charge in [-0.3, -0.25) is 0 Å². The minimum Gasteiger partial charge on any atom is -0.464 e. The van der Waals surface area contributed by atoms with Crippen LogP contribution in [0.2, 0.25) is 0 Å². The predicted octanol–water partition coefficient (Wildman–Crippen LogP) is 2.01. The first-order chi connectivity index (χ1) is 9.20. The molecule has 0 radical (unpaired) electrons. The van der Waals surface area contributed by atoms with Crippen molar-refractivity contribution in [2.24, 2.45) is 0 Å². The standard InChI is InChI=1S/C13H12FN3O2/c1-19-13(18)11-7-17-12(8-15-11)16-6-9-4-2-3-5-10(9)14/h2-5,7-8H,6H2,1H3,(H,16,17). The van der Waals surface area contributed by atoms with Crippen molar-refractivity contribution in [1.82, 2.24) is 9.97 Å². The summed E-state index contributed by atoms with van der Waals surface area (Å²) < 4.78 is 17.9. The number of anilines is 1. The van der Waals surface area contributed by atoms with Gasteiger partial charge in [0, 0.05) is 12.1 Å². The smallest absolute Gasteiger partial charge is 0.358 e. The molecule has 2 aromatic rings. The minimum atomic E-state index is -0.548. The molecule has 1 heterocycles. The molecule has 5 nitrogen and oxygen atoms in total. The van der Waals surface area contributed by atoms with E-state index in [-0.39, 0.29) is 11.5 Å². The summed E-state index contributed by atoms with van der Waals surface area (Å²) in [6, 6.07) is 6.46. The lowest BCUT2D eigenvalue weighted by Crippen LogP contribution is -2.07. The van der Waals surface area contributed by atoms with Gasteiger partial charge in [-0.2, -0.15) is 0 Å². The van der Waals surface area contributed by atoms with Gasteiger partial charge in [0.1, 0.15) is 11.6 Å². The fraction of sp³-hybridized carbons (Fsp3) is 0.154. The van der Waals surface area contributed by atoms with E-state index in [0.717, 1.165) is 0 Å². The number of methoxy groups -OCH3 is 1. The van der Waals surface area contributed by atoms with Crippen molar-refractivity contribution in [3.63, 3.8) is 0 Å². The summed E-state index contributed by atoms with van der Waals surface area (Å²) in [5.74, 6) is -0.377. The Balaban J connectivity index is 2.01. The second-order valence-electron chi connectivity index (χ2n) is 3.72. The molecule has 19 heavy (non-hydrogen) atoms. The van der Waals surface area contributed by atoms with Crippen LogP contribution in [0.15, 0.2) is 36.7 Å². The zero-order chi connectivity index (χ0) is 13.7. The highest BCUT2D eigenvalue weighted by Crippen LogP contribution is 2.09. The number of hydrogen-bond donors (Lipinski definition) is 1. The molecule has 1 aromatic heterocycles. The molecular formula is C13H12FN3O2. The lowest BCUT2D eigenvalue weighted by molar-refractivity contribution is 0.0593. The third-order valence-corrected chi connectivity index (χ3v) is 2.46. The Bertz CT molecular complexity index is 572. The lowest BCUT2D eigenvalue weighted by atomic mass is 10.2. The number of aromatic nitrogens is 2. The molecule has 0 saturated heterocycles. The van der Waals surface area contributed by atoms with Crippen LogP contribution < -0.4 is 5.32 Å². The van der Waals surface area contributed by atoms with E-state index in [0.29, 0.717) is 17.9 Å². The van der Waals surface area contributed by atoms with E-state index in [1.807, 2.05) is 0 Å². The van der Waals surface area contributed by atoms with E-state index in [9.17, 15) is 9.18 Å². The summed E-state index contributed by atoms with van der Waals surface area (Å²) in [6.07, 6.45) is 2.70. The van der Waals surface area contributed by atoms with E-state index >= 15 is 0 Å². The van der Waals surface area contributed by atoms with Crippen LogP contribution in [0.3, 0.4) is 0 Å². The largest absolute Gasteiger partial charge is 0.464 e. The summed E-state index contributed by atoms with van der Waals surface area (Å²) in [7, 11) is 1.27. The average molecular weight is 261 g/mol. The number of halogens is 1. The van der Waals surface area contributed by atoms with Gasteiger partial charge in [0.25, 0.3) is 0 Å². The second-order valence-corrected chi connectivity index (χ2v) is 3.72. The van der Waals surface area contributed by atoms with Crippen molar-refractivity contribution >= 4 is 11.8 Å². The summed E-state index contributed by atoms with van der Waals surface area (Å²) in [6.45, 7) is 0.291. The first-order valence-electron chi connectivity index (χ1n) is 5.58. The van der Waals surface area contributed by atoms with Gasteiger partial charge in [0.2, 0.25) is 0 Å². The molecule has 0 aliphatic carbocycles. The third kappa shape index (κ3) is 3.25. The number of carbonyl (C=O) groups is 1. The van der Waals surface area contributed by atoms with Crippen molar-refractivity contribution in [2.45, 2.75) is 6.54 Å². The van der Waals surface area contributed by atoms with Crippen LogP contribution in [-0.2, 0) is 11.3 Å². The summed E-state index contributed by atoms with van der Waals surface area (Å²) in [5.41, 5.74) is 0.653. The fourth-order valence-corrected chi connectivity index (χ4v) is 1.46. The van der Waals surface area contributed by atoms with Gasteiger partial charge in [0.05, 0.1) is 19.5 Å². The zero-order valence-corrected chi connectivity index (χ0v) is 10.3. The van der Waals surface area contributed by atoms with E-state index < -0.39 is 5.97 Å². The van der Waals surface area contributed by atoms with E-state index in [2.05, 4.69) is 20.0 Å². The van der Waals surface area contributed by atoms with E-state index in [1.165, 1.54) is 25.6 Å². The van der Waals surface area contributed by atoms with Gasteiger partial charge in [-0.15, -0.1) is 0 Å². The second kappa shape index (κ2) is 5.90. The molecule has 1 N–H and O–H groups in total. The van der Waals surface area contributed by atoms with Gasteiger partial charge < -0.3 is 10.1 Å². The Hall–Kier alpha value is -2.50. The Morgan fingerprint density at radius 3 is 2.74 bits per heavy atom. The minimum absolute atomic E-state index is 0.124. The van der Waals surface area contributed by atoms with E-state index in [4.69, 9.17) is 0 Å². The summed E-state index contributed by atoms with van der Waals surface area (Å²) >= 11 is 0. The van der Waals surface area contributed by atoms with Crippen LogP contribution in [0.1, 0.15) is 16.1 Å². The number of nitrogens with one attached hydrogen (secondary N) is 1. The molecule has 1 aromatic carbocycles. The van der Waals surface area contributed by atoms with Gasteiger partial charge in [-0.25, -0.2) is 19.2 Å². The SMILES string of the molecule is COC(=O)c1cnc(NCc2ccccc2F)cn1. The molecule has 2 rings (SSSR count). The number of carbonyl (C=O) groups excluding carboxylic acids is 1. The lowest BCUT2D eigenvalue weighted by Gasteiger charge is -2.06. The average Bonchev–Trinajstić information content (AvgIpc) is 2.46. The van der Waals surface area contributed by atoms with Crippen LogP contribution in [0.4, 0.5) is 10.2 Å². The van der Waals surface area contributed by atoms with Crippen LogP contribution in [0, 0.1) is 5.82 Å². The molecule has 0 bridgehead atoms. The molecule has 0 aliphatic heterocycles. The van der Waals surface area contributed by atoms with Crippen molar-refractivity contribution in [2.75, 3.05) is 12.4 Å². The van der Waals surface area contributed by atoms with Crippen LogP contribution >= 0.6 is 0 Å². The Labute approximate surface area is 109 Å². The Kier molecular flexibility index (Phi) is 4.02. The van der Waals surface area contributed by atoms with Gasteiger partial charge in [-0.1, -0.05) is 18.2 Å². The molecule has 0 spiro atoms. The normalized spacial score (nSPS) is 10.0. The first kappa shape index (κ1) is 12.9. The van der Waals surface area contributed by atoms with Crippen molar-refractivity contribution in [1.29, 1.82) is 0 Å². The van der Waals surface area contributed by atoms with Crippen molar-refractivity contribution < 1.29 is 13.9 Å².